The lowest BCUT2D eigenvalue weighted by Gasteiger charge is -2.32. The van der Waals surface area contributed by atoms with E-state index in [0.29, 0.717) is 13.0 Å². The number of aryl methyl sites for hydroxylation is 3. The van der Waals surface area contributed by atoms with Crippen LogP contribution in [-0.2, 0) is 17.8 Å². The van der Waals surface area contributed by atoms with Crippen LogP contribution in [0.4, 0.5) is 0 Å². The molecule has 1 aliphatic heterocycles. The van der Waals surface area contributed by atoms with E-state index in [4.69, 9.17) is 4.98 Å². The van der Waals surface area contributed by atoms with E-state index in [0.717, 1.165) is 55.0 Å². The molecule has 1 N–H and O–H groups in total. The van der Waals surface area contributed by atoms with Crippen molar-refractivity contribution >= 4 is 16.9 Å². The quantitative estimate of drug-likeness (QED) is 0.753. The molecule has 4 rings (SSSR count). The molecule has 0 saturated carbocycles. The number of carbonyl (C=O) groups is 1. The molecule has 1 fully saturated rings. The van der Waals surface area contributed by atoms with E-state index in [1.807, 2.05) is 17.3 Å². The maximum absolute atomic E-state index is 12.8. The number of hydrogen-bond acceptors (Lipinski definition) is 3. The third-order valence-electron chi connectivity index (χ3n) is 5.58. The molecule has 3 heterocycles. The fourth-order valence-electron chi connectivity index (χ4n) is 4.05. The van der Waals surface area contributed by atoms with Crippen LogP contribution in [-0.4, -0.2) is 43.4 Å². The summed E-state index contributed by atoms with van der Waals surface area (Å²) in [6, 6.07) is 6.21. The zero-order valence-corrected chi connectivity index (χ0v) is 16.1. The first-order valence-electron chi connectivity index (χ1n) is 9.88. The normalized spacial score (nSPS) is 17.6. The van der Waals surface area contributed by atoms with Crippen LogP contribution in [0, 0.1) is 6.92 Å². The predicted octanol–water partition coefficient (Wildman–Crippen LogP) is 3.43. The third kappa shape index (κ3) is 3.61. The van der Waals surface area contributed by atoms with E-state index in [2.05, 4.69) is 46.6 Å². The van der Waals surface area contributed by atoms with Crippen molar-refractivity contribution < 1.29 is 4.79 Å². The van der Waals surface area contributed by atoms with Gasteiger partial charge in [0.05, 0.1) is 11.0 Å². The van der Waals surface area contributed by atoms with Gasteiger partial charge in [-0.1, -0.05) is 19.1 Å². The summed E-state index contributed by atoms with van der Waals surface area (Å²) >= 11 is 0. The molecule has 0 radical (unpaired) electrons. The Hall–Kier alpha value is -2.63. The molecule has 1 saturated heterocycles. The van der Waals surface area contributed by atoms with Crippen molar-refractivity contribution in [3.63, 3.8) is 0 Å². The molecule has 1 amide bonds. The molecular formula is C21H27N5O. The van der Waals surface area contributed by atoms with E-state index >= 15 is 0 Å². The molecule has 1 atom stereocenters. The van der Waals surface area contributed by atoms with Crippen molar-refractivity contribution in [2.75, 3.05) is 13.1 Å². The lowest BCUT2D eigenvalue weighted by molar-refractivity contribution is -0.132. The zero-order valence-electron chi connectivity index (χ0n) is 16.1. The number of hydrogen-bond donors (Lipinski definition) is 1. The summed E-state index contributed by atoms with van der Waals surface area (Å²) in [7, 11) is 0. The van der Waals surface area contributed by atoms with Crippen LogP contribution in [0.1, 0.15) is 49.3 Å². The highest BCUT2D eigenvalue weighted by Gasteiger charge is 2.26. The SMILES string of the molecule is CCc1nccn1CCC(=O)N1CCC[C@@H](c2nc3c(C)cccc3[nH]2)C1. The molecule has 0 unspecified atom stereocenters. The van der Waals surface area contributed by atoms with Gasteiger partial charge in [-0.3, -0.25) is 4.79 Å². The first kappa shape index (κ1) is 17.8. The molecule has 142 valence electrons. The van der Waals surface area contributed by atoms with Crippen molar-refractivity contribution in [3.05, 3.63) is 47.8 Å². The van der Waals surface area contributed by atoms with Crippen LogP contribution in [0.2, 0.25) is 0 Å². The van der Waals surface area contributed by atoms with Crippen LogP contribution in [0.25, 0.3) is 11.0 Å². The summed E-state index contributed by atoms with van der Waals surface area (Å²) in [6.45, 7) is 6.48. The molecular weight excluding hydrogens is 338 g/mol. The van der Waals surface area contributed by atoms with E-state index in [-0.39, 0.29) is 11.8 Å². The Morgan fingerprint density at radius 3 is 3.07 bits per heavy atom. The van der Waals surface area contributed by atoms with Crippen LogP contribution >= 0.6 is 0 Å². The van der Waals surface area contributed by atoms with Gasteiger partial charge in [-0.15, -0.1) is 0 Å². The number of H-pyrrole nitrogens is 1. The fourth-order valence-corrected chi connectivity index (χ4v) is 4.05. The fraction of sp³-hybridized carbons (Fsp3) is 0.476. The van der Waals surface area contributed by atoms with Gasteiger partial charge in [0.2, 0.25) is 5.91 Å². The van der Waals surface area contributed by atoms with Crippen LogP contribution in [0.5, 0.6) is 0 Å². The minimum atomic E-state index is 0.225. The van der Waals surface area contributed by atoms with Gasteiger partial charge in [0.15, 0.2) is 0 Å². The number of carbonyl (C=O) groups excluding carboxylic acids is 1. The second-order valence-corrected chi connectivity index (χ2v) is 7.41. The Morgan fingerprint density at radius 2 is 2.26 bits per heavy atom. The first-order chi connectivity index (χ1) is 13.2. The van der Waals surface area contributed by atoms with Gasteiger partial charge in [0.1, 0.15) is 11.6 Å². The average Bonchev–Trinajstić information content (AvgIpc) is 3.33. The Morgan fingerprint density at radius 1 is 1.37 bits per heavy atom. The van der Waals surface area contributed by atoms with Crippen LogP contribution in [0.15, 0.2) is 30.6 Å². The Kier molecular flexibility index (Phi) is 4.97. The molecule has 1 aliphatic rings. The van der Waals surface area contributed by atoms with Gasteiger partial charge in [-0.25, -0.2) is 9.97 Å². The Bertz CT molecular complexity index is 941. The first-order valence-corrected chi connectivity index (χ1v) is 9.88. The number of likely N-dealkylation sites (tertiary alicyclic amines) is 1. The van der Waals surface area contributed by atoms with Crippen molar-refractivity contribution in [2.45, 2.75) is 52.0 Å². The lowest BCUT2D eigenvalue weighted by atomic mass is 9.97. The number of imidazole rings is 2. The van der Waals surface area contributed by atoms with Gasteiger partial charge in [-0.2, -0.15) is 0 Å². The van der Waals surface area contributed by atoms with Crippen molar-refractivity contribution in [2.24, 2.45) is 0 Å². The summed E-state index contributed by atoms with van der Waals surface area (Å²) in [5, 5.41) is 0. The smallest absolute Gasteiger partial charge is 0.224 e. The number of aromatic amines is 1. The highest BCUT2D eigenvalue weighted by molar-refractivity contribution is 5.79. The monoisotopic (exact) mass is 365 g/mol. The number of benzene rings is 1. The molecule has 3 aromatic rings. The second-order valence-electron chi connectivity index (χ2n) is 7.41. The van der Waals surface area contributed by atoms with Crippen LogP contribution in [0.3, 0.4) is 0 Å². The largest absolute Gasteiger partial charge is 0.342 e. The number of piperidine rings is 1. The van der Waals surface area contributed by atoms with E-state index in [1.54, 1.807) is 0 Å². The molecule has 6 heteroatoms. The molecule has 6 nitrogen and oxygen atoms in total. The third-order valence-corrected chi connectivity index (χ3v) is 5.58. The minimum absolute atomic E-state index is 0.225. The molecule has 0 aliphatic carbocycles. The van der Waals surface area contributed by atoms with Gasteiger partial charge in [0.25, 0.3) is 0 Å². The van der Waals surface area contributed by atoms with Crippen molar-refractivity contribution in [1.82, 2.24) is 24.4 Å². The van der Waals surface area contributed by atoms with Crippen molar-refractivity contribution in [1.29, 1.82) is 0 Å². The predicted molar refractivity (Wildman–Crippen MR) is 106 cm³/mol. The van der Waals surface area contributed by atoms with Gasteiger partial charge in [-0.05, 0) is 31.4 Å². The zero-order chi connectivity index (χ0) is 18.8. The highest BCUT2D eigenvalue weighted by Crippen LogP contribution is 2.28. The highest BCUT2D eigenvalue weighted by atomic mass is 16.2. The number of nitrogens with zero attached hydrogens (tertiary/aromatic N) is 4. The van der Waals surface area contributed by atoms with Gasteiger partial charge >= 0.3 is 0 Å². The number of fused-ring (bicyclic) bond motifs is 1. The Balaban J connectivity index is 1.42. The second kappa shape index (κ2) is 7.55. The van der Waals surface area contributed by atoms with E-state index < -0.39 is 0 Å². The molecule has 0 bridgehead atoms. The van der Waals surface area contributed by atoms with Gasteiger partial charge in [0, 0.05) is 50.8 Å². The van der Waals surface area contributed by atoms with Gasteiger partial charge < -0.3 is 14.5 Å². The topological polar surface area (TPSA) is 66.8 Å². The number of nitrogens with one attached hydrogen (secondary N) is 1. The summed E-state index contributed by atoms with van der Waals surface area (Å²) in [6.07, 6.45) is 7.28. The standard InChI is InChI=1S/C21H27N5O/c1-3-18-22-10-13-25(18)12-9-19(27)26-11-5-7-16(14-26)21-23-17-8-4-6-15(2)20(17)24-21/h4,6,8,10,13,16H,3,5,7,9,11-12,14H2,1-2H3,(H,23,24)/t16-/m1/s1. The molecule has 0 spiro atoms. The lowest BCUT2D eigenvalue weighted by Crippen LogP contribution is -2.39. The number of rotatable bonds is 5. The average molecular weight is 365 g/mol. The molecule has 1 aromatic carbocycles. The maximum Gasteiger partial charge on any atom is 0.224 e. The Labute approximate surface area is 159 Å². The van der Waals surface area contributed by atoms with E-state index in [9.17, 15) is 4.79 Å². The molecule has 2 aromatic heterocycles. The van der Waals surface area contributed by atoms with Crippen LogP contribution < -0.4 is 0 Å². The number of para-hydroxylation sites is 1. The molecule has 27 heavy (non-hydrogen) atoms. The summed E-state index contributed by atoms with van der Waals surface area (Å²) in [5.74, 6) is 2.56. The number of amides is 1. The van der Waals surface area contributed by atoms with E-state index in [1.165, 1.54) is 5.56 Å². The maximum atomic E-state index is 12.8. The van der Waals surface area contributed by atoms with Crippen molar-refractivity contribution in [3.8, 4) is 0 Å². The number of aromatic nitrogens is 4. The summed E-state index contributed by atoms with van der Waals surface area (Å²) < 4.78 is 2.08. The summed E-state index contributed by atoms with van der Waals surface area (Å²) in [4.78, 5) is 27.4. The minimum Gasteiger partial charge on any atom is -0.342 e. The summed E-state index contributed by atoms with van der Waals surface area (Å²) in [5.41, 5.74) is 3.31.